The first kappa shape index (κ1) is 19.7. The van der Waals surface area contributed by atoms with Crippen molar-refractivity contribution in [2.45, 2.75) is 6.92 Å². The van der Waals surface area contributed by atoms with E-state index < -0.39 is 17.4 Å². The number of carbonyl (C=O) groups is 1. The quantitative estimate of drug-likeness (QED) is 0.437. The van der Waals surface area contributed by atoms with Crippen LogP contribution in [0, 0.1) is 5.82 Å². The average molecular weight is 396 g/mol. The standard InChI is InChI=1S/C20H17FN4O4/c1-2-29-17-5-3-4-13(18(17)26)11-22-25-19(27)16-10-15(23-20(28)24-16)12-6-8-14(21)9-7-12/h3-11,26H,2H2,1H3,(H,25,27)(H,23,24,28)/b22-11+. The van der Waals surface area contributed by atoms with Gasteiger partial charge in [-0.3, -0.25) is 4.79 Å². The molecule has 148 valence electrons. The van der Waals surface area contributed by atoms with E-state index in [9.17, 15) is 19.1 Å². The molecule has 3 rings (SSSR count). The van der Waals surface area contributed by atoms with Crippen LogP contribution >= 0.6 is 0 Å². The molecule has 3 N–H and O–H groups in total. The van der Waals surface area contributed by atoms with E-state index in [0.717, 1.165) is 0 Å². The number of para-hydroxylation sites is 1. The summed E-state index contributed by atoms with van der Waals surface area (Å²) in [5.74, 6) is -0.930. The summed E-state index contributed by atoms with van der Waals surface area (Å²) in [5, 5.41) is 13.9. The van der Waals surface area contributed by atoms with Crippen LogP contribution < -0.4 is 15.9 Å². The number of carbonyl (C=O) groups excluding carboxylic acids is 1. The lowest BCUT2D eigenvalue weighted by atomic mass is 10.1. The fraction of sp³-hybridized carbons (Fsp3) is 0.100. The second kappa shape index (κ2) is 8.79. The van der Waals surface area contributed by atoms with E-state index in [1.54, 1.807) is 25.1 Å². The molecular weight excluding hydrogens is 379 g/mol. The number of hydrogen-bond donors (Lipinski definition) is 3. The van der Waals surface area contributed by atoms with Crippen molar-refractivity contribution < 1.29 is 19.0 Å². The summed E-state index contributed by atoms with van der Waals surface area (Å²) in [7, 11) is 0. The molecule has 1 aromatic heterocycles. The molecule has 0 saturated heterocycles. The smallest absolute Gasteiger partial charge is 0.346 e. The Kier molecular flexibility index (Phi) is 5.98. The lowest BCUT2D eigenvalue weighted by Gasteiger charge is -2.07. The number of aromatic amines is 1. The number of rotatable bonds is 6. The number of hydrogen-bond acceptors (Lipinski definition) is 6. The number of hydrazone groups is 1. The number of aromatic nitrogens is 2. The Morgan fingerprint density at radius 2 is 2.07 bits per heavy atom. The van der Waals surface area contributed by atoms with Gasteiger partial charge in [0.25, 0.3) is 5.91 Å². The van der Waals surface area contributed by atoms with Crippen molar-refractivity contribution in [2.24, 2.45) is 5.10 Å². The fourth-order valence-electron chi connectivity index (χ4n) is 2.48. The van der Waals surface area contributed by atoms with Crippen LogP contribution in [0.1, 0.15) is 23.0 Å². The van der Waals surface area contributed by atoms with Crippen molar-refractivity contribution in [3.63, 3.8) is 0 Å². The first-order chi connectivity index (χ1) is 14.0. The topological polar surface area (TPSA) is 117 Å². The molecule has 0 atom stereocenters. The number of nitrogens with zero attached hydrogens (tertiary/aromatic N) is 2. The monoisotopic (exact) mass is 396 g/mol. The second-order valence-electron chi connectivity index (χ2n) is 5.82. The van der Waals surface area contributed by atoms with Crippen LogP contribution in [0.3, 0.4) is 0 Å². The van der Waals surface area contributed by atoms with Crippen LogP contribution in [-0.2, 0) is 0 Å². The van der Waals surface area contributed by atoms with Gasteiger partial charge in [0.15, 0.2) is 11.5 Å². The van der Waals surface area contributed by atoms with Crippen LogP contribution in [0.2, 0.25) is 0 Å². The van der Waals surface area contributed by atoms with E-state index in [2.05, 4.69) is 20.5 Å². The molecule has 3 aromatic rings. The van der Waals surface area contributed by atoms with Gasteiger partial charge >= 0.3 is 5.69 Å². The lowest BCUT2D eigenvalue weighted by Crippen LogP contribution is -2.24. The maximum absolute atomic E-state index is 13.1. The molecule has 8 nitrogen and oxygen atoms in total. The van der Waals surface area contributed by atoms with Gasteiger partial charge in [0.1, 0.15) is 11.5 Å². The molecule has 29 heavy (non-hydrogen) atoms. The summed E-state index contributed by atoms with van der Waals surface area (Å²) >= 11 is 0. The molecule has 0 aliphatic carbocycles. The van der Waals surface area contributed by atoms with Gasteiger partial charge in [-0.2, -0.15) is 10.1 Å². The molecule has 0 aliphatic rings. The Bertz CT molecular complexity index is 1110. The normalized spacial score (nSPS) is 10.8. The van der Waals surface area contributed by atoms with E-state index in [1.807, 2.05) is 0 Å². The first-order valence-electron chi connectivity index (χ1n) is 8.63. The van der Waals surface area contributed by atoms with Crippen LogP contribution in [0.5, 0.6) is 11.5 Å². The number of amides is 1. The Morgan fingerprint density at radius 3 is 2.79 bits per heavy atom. The van der Waals surface area contributed by atoms with Gasteiger partial charge in [0, 0.05) is 11.1 Å². The Balaban J connectivity index is 1.78. The molecule has 1 heterocycles. The van der Waals surface area contributed by atoms with Gasteiger partial charge in [-0.05, 0) is 49.4 Å². The first-order valence-corrected chi connectivity index (χ1v) is 8.63. The minimum absolute atomic E-state index is 0.0752. The maximum Gasteiger partial charge on any atom is 0.346 e. The van der Waals surface area contributed by atoms with Gasteiger partial charge < -0.3 is 14.8 Å². The van der Waals surface area contributed by atoms with Crippen molar-refractivity contribution in [3.05, 3.63) is 76.1 Å². The largest absolute Gasteiger partial charge is 0.504 e. The molecule has 0 radical (unpaired) electrons. The number of ether oxygens (including phenoxy) is 1. The summed E-state index contributed by atoms with van der Waals surface area (Å²) < 4.78 is 18.4. The number of nitrogens with one attached hydrogen (secondary N) is 2. The van der Waals surface area contributed by atoms with E-state index in [1.165, 1.54) is 36.5 Å². The molecule has 9 heteroatoms. The van der Waals surface area contributed by atoms with Gasteiger partial charge in [-0.1, -0.05) is 6.07 Å². The van der Waals surface area contributed by atoms with Crippen LogP contribution in [-0.4, -0.2) is 33.8 Å². The highest BCUT2D eigenvalue weighted by Crippen LogP contribution is 2.28. The van der Waals surface area contributed by atoms with Crippen LogP contribution in [0.25, 0.3) is 11.3 Å². The Labute approximate surface area is 164 Å². The van der Waals surface area contributed by atoms with Gasteiger partial charge in [-0.25, -0.2) is 14.6 Å². The number of phenols is 1. The van der Waals surface area contributed by atoms with Crippen molar-refractivity contribution in [2.75, 3.05) is 6.61 Å². The number of benzene rings is 2. The summed E-state index contributed by atoms with van der Waals surface area (Å²) in [6.45, 7) is 2.17. The highest BCUT2D eigenvalue weighted by Gasteiger charge is 2.11. The third kappa shape index (κ3) is 4.83. The predicted octanol–water partition coefficient (Wildman–Crippen LogP) is 2.44. The van der Waals surface area contributed by atoms with E-state index in [4.69, 9.17) is 4.74 Å². The van der Waals surface area contributed by atoms with E-state index in [0.29, 0.717) is 23.5 Å². The van der Waals surface area contributed by atoms with E-state index in [-0.39, 0.29) is 17.1 Å². The zero-order valence-corrected chi connectivity index (χ0v) is 15.3. The van der Waals surface area contributed by atoms with Crippen molar-refractivity contribution in [1.29, 1.82) is 0 Å². The fourth-order valence-corrected chi connectivity index (χ4v) is 2.48. The molecule has 0 unspecified atom stereocenters. The highest BCUT2D eigenvalue weighted by molar-refractivity contribution is 5.94. The maximum atomic E-state index is 13.1. The minimum atomic E-state index is -0.733. The van der Waals surface area contributed by atoms with Gasteiger partial charge in [-0.15, -0.1) is 0 Å². The summed E-state index contributed by atoms with van der Waals surface area (Å²) in [4.78, 5) is 30.2. The second-order valence-corrected chi connectivity index (χ2v) is 5.82. The minimum Gasteiger partial charge on any atom is -0.504 e. The third-order valence-corrected chi connectivity index (χ3v) is 3.83. The van der Waals surface area contributed by atoms with Crippen molar-refractivity contribution in [3.8, 4) is 22.8 Å². The zero-order valence-electron chi connectivity index (χ0n) is 15.3. The Morgan fingerprint density at radius 1 is 1.31 bits per heavy atom. The molecule has 0 bridgehead atoms. The van der Waals surface area contributed by atoms with E-state index >= 15 is 0 Å². The van der Waals surface area contributed by atoms with Crippen LogP contribution in [0.15, 0.2) is 58.4 Å². The highest BCUT2D eigenvalue weighted by atomic mass is 19.1. The number of H-pyrrole nitrogens is 1. The lowest BCUT2D eigenvalue weighted by molar-refractivity contribution is 0.0949. The average Bonchev–Trinajstić information content (AvgIpc) is 2.71. The van der Waals surface area contributed by atoms with Crippen LogP contribution in [0.4, 0.5) is 4.39 Å². The van der Waals surface area contributed by atoms with Crippen molar-refractivity contribution in [1.82, 2.24) is 15.4 Å². The number of halogens is 1. The number of aromatic hydroxyl groups is 1. The predicted molar refractivity (Wildman–Crippen MR) is 105 cm³/mol. The van der Waals surface area contributed by atoms with Gasteiger partial charge in [0.2, 0.25) is 0 Å². The molecule has 1 amide bonds. The molecule has 0 saturated carbocycles. The SMILES string of the molecule is CCOc1cccc(/C=N/NC(=O)c2cc(-c3ccc(F)cc3)nc(=O)[nH]2)c1O. The molecular formula is C20H17FN4O4. The molecule has 0 aliphatic heterocycles. The number of phenolic OH excluding ortho intramolecular Hbond substituents is 1. The Hall–Kier alpha value is -4.01. The molecule has 0 fully saturated rings. The molecule has 0 spiro atoms. The van der Waals surface area contributed by atoms with Crippen molar-refractivity contribution >= 4 is 12.1 Å². The third-order valence-electron chi connectivity index (χ3n) is 3.83. The van der Waals surface area contributed by atoms with Gasteiger partial charge in [0.05, 0.1) is 18.5 Å². The molecule has 2 aromatic carbocycles. The zero-order chi connectivity index (χ0) is 20.8. The summed E-state index contributed by atoms with van der Waals surface area (Å²) in [6, 6.07) is 11.6. The summed E-state index contributed by atoms with van der Waals surface area (Å²) in [5.41, 5.74) is 2.48. The summed E-state index contributed by atoms with van der Waals surface area (Å²) in [6.07, 6.45) is 1.25.